The third kappa shape index (κ3) is 3.85. The van der Waals surface area contributed by atoms with Crippen LogP contribution in [0.1, 0.15) is 13.3 Å². The van der Waals surface area contributed by atoms with Crippen LogP contribution in [0.15, 0.2) is 11.3 Å². The minimum absolute atomic E-state index is 0.280. The molecule has 0 aromatic carbocycles. The molecule has 1 nitrogen and oxygen atoms in total. The molecule has 1 N–H and O–H groups in total. The number of hydrogen-bond acceptors (Lipinski definition) is 1. The van der Waals surface area contributed by atoms with Crippen LogP contribution in [0.4, 0.5) is 0 Å². The van der Waals surface area contributed by atoms with E-state index < -0.39 is 8.07 Å². The van der Waals surface area contributed by atoms with Gasteiger partial charge in [-0.15, -0.1) is 0 Å². The largest absolute Gasteiger partial charge is 0.396 e. The second kappa shape index (κ2) is 3.94. The molecule has 0 fully saturated rings. The van der Waals surface area contributed by atoms with Gasteiger partial charge in [-0.2, -0.15) is 0 Å². The van der Waals surface area contributed by atoms with E-state index in [1.165, 1.54) is 5.20 Å². The van der Waals surface area contributed by atoms with E-state index in [2.05, 4.69) is 32.6 Å². The van der Waals surface area contributed by atoms with Crippen molar-refractivity contribution in [1.29, 1.82) is 0 Å². The molecule has 0 rings (SSSR count). The second-order valence-electron chi connectivity index (χ2n) is 3.65. The topological polar surface area (TPSA) is 20.2 Å². The van der Waals surface area contributed by atoms with Crippen molar-refractivity contribution in [3.05, 3.63) is 11.3 Å². The zero-order chi connectivity index (χ0) is 8.20. The summed E-state index contributed by atoms with van der Waals surface area (Å²) in [4.78, 5) is 0. The third-order valence-corrected chi connectivity index (χ3v) is 4.33. The molecule has 0 saturated carbocycles. The molecule has 0 saturated heterocycles. The average molecular weight is 158 g/mol. The Morgan fingerprint density at radius 3 is 2.20 bits per heavy atom. The highest BCUT2D eigenvalue weighted by Crippen LogP contribution is 2.13. The summed E-state index contributed by atoms with van der Waals surface area (Å²) < 4.78 is 0. The van der Waals surface area contributed by atoms with Crippen molar-refractivity contribution in [2.75, 3.05) is 6.61 Å². The summed E-state index contributed by atoms with van der Waals surface area (Å²) in [6.45, 7) is 9.40. The standard InChI is InChI=1S/C8H18OSi/c1-8(6-5-7-9)10(2,3)4/h6,9H,5,7H2,1-4H3/b8-6+. The molecule has 0 aromatic rings. The van der Waals surface area contributed by atoms with Gasteiger partial charge in [0.05, 0.1) is 8.07 Å². The normalized spacial score (nSPS) is 13.9. The molecule has 0 aliphatic carbocycles. The lowest BCUT2D eigenvalue weighted by molar-refractivity contribution is 0.302. The molecule has 0 spiro atoms. The molecule has 10 heavy (non-hydrogen) atoms. The monoisotopic (exact) mass is 158 g/mol. The van der Waals surface area contributed by atoms with Gasteiger partial charge < -0.3 is 5.11 Å². The lowest BCUT2D eigenvalue weighted by Gasteiger charge is -2.16. The first-order valence-corrected chi connectivity index (χ1v) is 7.26. The fourth-order valence-corrected chi connectivity index (χ4v) is 1.34. The van der Waals surface area contributed by atoms with Gasteiger partial charge in [-0.3, -0.25) is 0 Å². The Balaban J connectivity index is 3.93. The van der Waals surface area contributed by atoms with E-state index in [1.807, 2.05) is 0 Å². The highest BCUT2D eigenvalue weighted by atomic mass is 28.3. The van der Waals surface area contributed by atoms with Gasteiger partial charge in [-0.1, -0.05) is 30.9 Å². The van der Waals surface area contributed by atoms with Crippen LogP contribution in [0.25, 0.3) is 0 Å². The van der Waals surface area contributed by atoms with Crippen molar-refractivity contribution < 1.29 is 5.11 Å². The van der Waals surface area contributed by atoms with Gasteiger partial charge >= 0.3 is 0 Å². The summed E-state index contributed by atoms with van der Waals surface area (Å²) in [5, 5.41) is 10.0. The Morgan fingerprint density at radius 1 is 1.40 bits per heavy atom. The maximum atomic E-state index is 8.55. The number of aliphatic hydroxyl groups is 1. The Morgan fingerprint density at radius 2 is 1.90 bits per heavy atom. The minimum atomic E-state index is -1.05. The first-order valence-electron chi connectivity index (χ1n) is 3.76. The predicted octanol–water partition coefficient (Wildman–Crippen LogP) is 2.19. The summed E-state index contributed by atoms with van der Waals surface area (Å²) >= 11 is 0. The van der Waals surface area contributed by atoms with Gasteiger partial charge in [0.25, 0.3) is 0 Å². The van der Waals surface area contributed by atoms with Crippen molar-refractivity contribution in [3.63, 3.8) is 0 Å². The molecular formula is C8H18OSi. The maximum Gasteiger partial charge on any atom is 0.0716 e. The van der Waals surface area contributed by atoms with Crippen LogP contribution in [0.5, 0.6) is 0 Å². The van der Waals surface area contributed by atoms with E-state index in [0.29, 0.717) is 0 Å². The van der Waals surface area contributed by atoms with E-state index in [9.17, 15) is 0 Å². The van der Waals surface area contributed by atoms with Gasteiger partial charge in [0, 0.05) is 6.61 Å². The Bertz CT molecular complexity index is 122. The molecular weight excluding hydrogens is 140 g/mol. The van der Waals surface area contributed by atoms with Gasteiger partial charge in [0.15, 0.2) is 0 Å². The summed E-state index contributed by atoms with van der Waals surface area (Å²) in [7, 11) is -1.05. The van der Waals surface area contributed by atoms with Crippen molar-refractivity contribution in [2.45, 2.75) is 33.0 Å². The second-order valence-corrected chi connectivity index (χ2v) is 8.94. The van der Waals surface area contributed by atoms with Gasteiger partial charge in [0.2, 0.25) is 0 Å². The van der Waals surface area contributed by atoms with Crippen LogP contribution in [0, 0.1) is 0 Å². The average Bonchev–Trinajstić information content (AvgIpc) is 1.80. The molecule has 0 unspecified atom stereocenters. The molecule has 0 aliphatic heterocycles. The van der Waals surface area contributed by atoms with Gasteiger partial charge in [-0.25, -0.2) is 0 Å². The highest BCUT2D eigenvalue weighted by Gasteiger charge is 2.13. The van der Waals surface area contributed by atoms with Crippen molar-refractivity contribution >= 4 is 8.07 Å². The molecule has 0 aliphatic rings. The lowest BCUT2D eigenvalue weighted by Crippen LogP contribution is -2.21. The maximum absolute atomic E-state index is 8.55. The molecule has 60 valence electrons. The number of aliphatic hydroxyl groups excluding tert-OH is 1. The Kier molecular flexibility index (Phi) is 3.90. The zero-order valence-corrected chi connectivity index (χ0v) is 8.44. The third-order valence-electron chi connectivity index (χ3n) is 1.76. The highest BCUT2D eigenvalue weighted by molar-refractivity contribution is 6.82. The van der Waals surface area contributed by atoms with E-state index in [4.69, 9.17) is 5.11 Å². The SMILES string of the molecule is C/C(=C\CCO)[Si](C)(C)C. The van der Waals surface area contributed by atoms with Crippen LogP contribution < -0.4 is 0 Å². The molecule has 0 heterocycles. The summed E-state index contributed by atoms with van der Waals surface area (Å²) in [5.41, 5.74) is 0. The van der Waals surface area contributed by atoms with E-state index in [1.54, 1.807) is 0 Å². The van der Waals surface area contributed by atoms with E-state index >= 15 is 0 Å². The predicted molar refractivity (Wildman–Crippen MR) is 48.8 cm³/mol. The molecule has 0 aromatic heterocycles. The van der Waals surface area contributed by atoms with E-state index in [-0.39, 0.29) is 6.61 Å². The van der Waals surface area contributed by atoms with Crippen LogP contribution >= 0.6 is 0 Å². The van der Waals surface area contributed by atoms with E-state index in [0.717, 1.165) is 6.42 Å². The minimum Gasteiger partial charge on any atom is -0.396 e. The van der Waals surface area contributed by atoms with Crippen molar-refractivity contribution in [1.82, 2.24) is 0 Å². The summed E-state index contributed by atoms with van der Waals surface area (Å²) in [6, 6.07) is 0. The summed E-state index contributed by atoms with van der Waals surface area (Å²) in [5.74, 6) is 0. The zero-order valence-electron chi connectivity index (χ0n) is 7.44. The first-order chi connectivity index (χ1) is 4.48. The number of hydrogen-bond donors (Lipinski definition) is 1. The molecule has 2 heteroatoms. The fourth-order valence-electron chi connectivity index (χ4n) is 0.587. The van der Waals surface area contributed by atoms with Gasteiger partial charge in [-0.05, 0) is 13.3 Å². The first kappa shape index (κ1) is 9.92. The molecule has 0 atom stereocenters. The number of allylic oxidation sites excluding steroid dienone is 1. The molecule has 0 amide bonds. The van der Waals surface area contributed by atoms with Crippen LogP contribution in [-0.4, -0.2) is 19.8 Å². The smallest absolute Gasteiger partial charge is 0.0716 e. The van der Waals surface area contributed by atoms with Crippen LogP contribution in [0.2, 0.25) is 19.6 Å². The fraction of sp³-hybridized carbons (Fsp3) is 0.750. The molecule has 0 radical (unpaired) electrons. The summed E-state index contributed by atoms with van der Waals surface area (Å²) in [6.07, 6.45) is 2.97. The Labute approximate surface area is 64.8 Å². The van der Waals surface area contributed by atoms with Gasteiger partial charge in [0.1, 0.15) is 0 Å². The lowest BCUT2D eigenvalue weighted by atomic mass is 10.4. The quantitative estimate of drug-likeness (QED) is 0.624. The van der Waals surface area contributed by atoms with Crippen molar-refractivity contribution in [3.8, 4) is 0 Å². The molecule has 0 bridgehead atoms. The number of rotatable bonds is 3. The van der Waals surface area contributed by atoms with Crippen LogP contribution in [-0.2, 0) is 0 Å². The van der Waals surface area contributed by atoms with Crippen LogP contribution in [0.3, 0.4) is 0 Å². The Hall–Kier alpha value is -0.0831. The van der Waals surface area contributed by atoms with Crippen molar-refractivity contribution in [2.24, 2.45) is 0 Å².